The van der Waals surface area contributed by atoms with Crippen molar-refractivity contribution >= 4 is 0 Å². The number of halogens is 1. The van der Waals surface area contributed by atoms with Crippen molar-refractivity contribution < 1.29 is 8.91 Å². The topological polar surface area (TPSA) is 64.9 Å². The Morgan fingerprint density at radius 2 is 1.95 bits per heavy atom. The Bertz CT molecular complexity index is 585. The molecule has 2 unspecified atom stereocenters. The first kappa shape index (κ1) is 14.7. The van der Waals surface area contributed by atoms with E-state index in [1.165, 1.54) is 12.1 Å². The van der Waals surface area contributed by atoms with Crippen LogP contribution in [-0.2, 0) is 0 Å². The molecule has 1 aromatic carbocycles. The number of aryl methyl sites for hydroxylation is 1. The van der Waals surface area contributed by atoms with Crippen LogP contribution in [0.2, 0.25) is 0 Å². The standard InChI is InChI=1S/C15H20FN3O/c1-8(2)13(10(4)17)15-18-14(19-20-15)12-7-11(16)6-5-9(12)3/h5-8,10,13H,17H2,1-4H3. The summed E-state index contributed by atoms with van der Waals surface area (Å²) < 4.78 is 18.7. The normalized spacial score (nSPS) is 14.6. The lowest BCUT2D eigenvalue weighted by molar-refractivity contribution is 0.300. The van der Waals surface area contributed by atoms with Gasteiger partial charge in [-0.25, -0.2) is 4.39 Å². The molecule has 2 rings (SSSR count). The monoisotopic (exact) mass is 277 g/mol. The van der Waals surface area contributed by atoms with Crippen LogP contribution in [0.1, 0.15) is 38.1 Å². The van der Waals surface area contributed by atoms with Crippen LogP contribution in [0.3, 0.4) is 0 Å². The quantitative estimate of drug-likeness (QED) is 0.931. The molecule has 1 heterocycles. The van der Waals surface area contributed by atoms with Crippen LogP contribution in [-0.4, -0.2) is 16.2 Å². The molecule has 1 aromatic heterocycles. The van der Waals surface area contributed by atoms with Gasteiger partial charge < -0.3 is 10.3 Å². The highest BCUT2D eigenvalue weighted by Gasteiger charge is 2.26. The minimum atomic E-state index is -0.315. The number of rotatable bonds is 4. The molecule has 20 heavy (non-hydrogen) atoms. The van der Waals surface area contributed by atoms with E-state index < -0.39 is 0 Å². The Kier molecular flexibility index (Phi) is 4.18. The van der Waals surface area contributed by atoms with Gasteiger partial charge in [0.2, 0.25) is 11.7 Å². The highest BCUT2D eigenvalue weighted by molar-refractivity contribution is 5.59. The molecule has 0 amide bonds. The van der Waals surface area contributed by atoms with Crippen molar-refractivity contribution in [1.82, 2.24) is 10.1 Å². The Labute approximate surface area is 118 Å². The maximum absolute atomic E-state index is 13.3. The molecule has 2 aromatic rings. The highest BCUT2D eigenvalue weighted by Crippen LogP contribution is 2.28. The van der Waals surface area contributed by atoms with Gasteiger partial charge in [0, 0.05) is 11.6 Å². The van der Waals surface area contributed by atoms with Crippen LogP contribution in [0.5, 0.6) is 0 Å². The maximum atomic E-state index is 13.3. The first-order valence-corrected chi connectivity index (χ1v) is 6.76. The lowest BCUT2D eigenvalue weighted by atomic mass is 9.90. The van der Waals surface area contributed by atoms with Crippen molar-refractivity contribution in [3.8, 4) is 11.4 Å². The zero-order chi connectivity index (χ0) is 14.9. The van der Waals surface area contributed by atoms with Gasteiger partial charge >= 0.3 is 0 Å². The van der Waals surface area contributed by atoms with E-state index in [4.69, 9.17) is 10.3 Å². The molecule has 0 saturated carbocycles. The van der Waals surface area contributed by atoms with E-state index in [1.807, 2.05) is 13.8 Å². The van der Waals surface area contributed by atoms with E-state index in [0.717, 1.165) is 5.56 Å². The van der Waals surface area contributed by atoms with Gasteiger partial charge in [0.15, 0.2) is 0 Å². The molecular weight excluding hydrogens is 257 g/mol. The first-order valence-electron chi connectivity index (χ1n) is 6.76. The van der Waals surface area contributed by atoms with Crippen LogP contribution in [0, 0.1) is 18.7 Å². The third-order valence-corrected chi connectivity index (χ3v) is 3.45. The second-order valence-corrected chi connectivity index (χ2v) is 5.54. The van der Waals surface area contributed by atoms with Crippen molar-refractivity contribution in [3.63, 3.8) is 0 Å². The second-order valence-electron chi connectivity index (χ2n) is 5.54. The van der Waals surface area contributed by atoms with Crippen molar-refractivity contribution in [2.45, 2.75) is 39.7 Å². The zero-order valence-corrected chi connectivity index (χ0v) is 12.2. The van der Waals surface area contributed by atoms with E-state index in [-0.39, 0.29) is 23.7 Å². The van der Waals surface area contributed by atoms with Crippen molar-refractivity contribution in [3.05, 3.63) is 35.5 Å². The van der Waals surface area contributed by atoms with Crippen molar-refractivity contribution in [2.75, 3.05) is 0 Å². The SMILES string of the molecule is Cc1ccc(F)cc1-c1noc(C(C(C)C)C(C)N)n1. The minimum absolute atomic E-state index is 0.00915. The van der Waals surface area contributed by atoms with Crippen LogP contribution in [0.4, 0.5) is 4.39 Å². The Morgan fingerprint density at radius 3 is 2.55 bits per heavy atom. The molecule has 108 valence electrons. The number of nitrogens with two attached hydrogens (primary N) is 1. The van der Waals surface area contributed by atoms with E-state index in [9.17, 15) is 4.39 Å². The van der Waals surface area contributed by atoms with Gasteiger partial charge in [-0.3, -0.25) is 0 Å². The van der Waals surface area contributed by atoms with Gasteiger partial charge in [0.1, 0.15) is 5.82 Å². The third kappa shape index (κ3) is 2.88. The molecule has 0 spiro atoms. The van der Waals surface area contributed by atoms with E-state index >= 15 is 0 Å². The molecule has 2 atom stereocenters. The van der Waals surface area contributed by atoms with E-state index in [1.54, 1.807) is 6.07 Å². The molecule has 5 heteroatoms. The van der Waals surface area contributed by atoms with Gasteiger partial charge in [-0.15, -0.1) is 0 Å². The van der Waals surface area contributed by atoms with Crippen LogP contribution < -0.4 is 5.73 Å². The summed E-state index contributed by atoms with van der Waals surface area (Å²) in [4.78, 5) is 4.40. The van der Waals surface area contributed by atoms with Crippen LogP contribution in [0.25, 0.3) is 11.4 Å². The zero-order valence-electron chi connectivity index (χ0n) is 12.2. The minimum Gasteiger partial charge on any atom is -0.339 e. The Morgan fingerprint density at radius 1 is 1.25 bits per heavy atom. The average molecular weight is 277 g/mol. The molecule has 0 aliphatic rings. The van der Waals surface area contributed by atoms with Gasteiger partial charge in [-0.1, -0.05) is 25.1 Å². The van der Waals surface area contributed by atoms with Gasteiger partial charge in [0.25, 0.3) is 0 Å². The maximum Gasteiger partial charge on any atom is 0.231 e. The molecule has 0 aliphatic carbocycles. The fraction of sp³-hybridized carbons (Fsp3) is 0.467. The molecule has 4 nitrogen and oxygen atoms in total. The predicted octanol–water partition coefficient (Wildman–Crippen LogP) is 3.27. The third-order valence-electron chi connectivity index (χ3n) is 3.45. The van der Waals surface area contributed by atoms with Crippen LogP contribution >= 0.6 is 0 Å². The predicted molar refractivity (Wildman–Crippen MR) is 75.7 cm³/mol. The number of benzene rings is 1. The van der Waals surface area contributed by atoms with Crippen LogP contribution in [0.15, 0.2) is 22.7 Å². The molecular formula is C15H20FN3O. The largest absolute Gasteiger partial charge is 0.339 e. The smallest absolute Gasteiger partial charge is 0.231 e. The molecule has 0 bridgehead atoms. The summed E-state index contributed by atoms with van der Waals surface area (Å²) in [7, 11) is 0. The summed E-state index contributed by atoms with van der Waals surface area (Å²) in [6.07, 6.45) is 0. The van der Waals surface area contributed by atoms with Crippen molar-refractivity contribution in [1.29, 1.82) is 0 Å². The second kappa shape index (κ2) is 5.71. The number of nitrogens with zero attached hydrogens (tertiary/aromatic N) is 2. The summed E-state index contributed by atoms with van der Waals surface area (Å²) in [5.41, 5.74) is 7.53. The fourth-order valence-corrected chi connectivity index (χ4v) is 2.43. The fourth-order valence-electron chi connectivity index (χ4n) is 2.43. The molecule has 0 saturated heterocycles. The number of hydrogen-bond donors (Lipinski definition) is 1. The molecule has 0 aliphatic heterocycles. The Hall–Kier alpha value is -1.75. The Balaban J connectivity index is 2.40. The summed E-state index contributed by atoms with van der Waals surface area (Å²) in [6.45, 7) is 7.93. The molecule has 0 radical (unpaired) electrons. The number of aromatic nitrogens is 2. The number of hydrogen-bond acceptors (Lipinski definition) is 4. The van der Waals surface area contributed by atoms with E-state index in [2.05, 4.69) is 24.0 Å². The van der Waals surface area contributed by atoms with Gasteiger partial charge in [0.05, 0.1) is 5.92 Å². The van der Waals surface area contributed by atoms with Gasteiger partial charge in [-0.05, 0) is 37.5 Å². The highest BCUT2D eigenvalue weighted by atomic mass is 19.1. The molecule has 0 fully saturated rings. The lowest BCUT2D eigenvalue weighted by Crippen LogP contribution is -2.28. The average Bonchev–Trinajstić information content (AvgIpc) is 2.80. The summed E-state index contributed by atoms with van der Waals surface area (Å²) >= 11 is 0. The lowest BCUT2D eigenvalue weighted by Gasteiger charge is -2.20. The molecule has 2 N–H and O–H groups in total. The summed E-state index contributed by atoms with van der Waals surface area (Å²) in [5, 5.41) is 3.97. The first-order chi connectivity index (χ1) is 9.40. The van der Waals surface area contributed by atoms with Gasteiger partial charge in [-0.2, -0.15) is 4.98 Å². The van der Waals surface area contributed by atoms with E-state index in [0.29, 0.717) is 17.3 Å². The summed E-state index contributed by atoms with van der Waals surface area (Å²) in [5.74, 6) is 0.878. The summed E-state index contributed by atoms with van der Waals surface area (Å²) in [6, 6.07) is 4.45. The van der Waals surface area contributed by atoms with Crippen molar-refractivity contribution in [2.24, 2.45) is 11.7 Å².